The summed E-state index contributed by atoms with van der Waals surface area (Å²) < 4.78 is 5.53. The highest BCUT2D eigenvalue weighted by molar-refractivity contribution is 14.0. The first-order valence-corrected chi connectivity index (χ1v) is 8.50. The van der Waals surface area contributed by atoms with Gasteiger partial charge in [0.25, 0.3) is 0 Å². The third kappa shape index (κ3) is 5.51. The Bertz CT molecular complexity index is 515. The van der Waals surface area contributed by atoms with Gasteiger partial charge in [0.1, 0.15) is 5.75 Å². The molecule has 1 heterocycles. The quantitative estimate of drug-likeness (QED) is 0.415. The van der Waals surface area contributed by atoms with Crippen molar-refractivity contribution in [3.05, 3.63) is 29.8 Å². The van der Waals surface area contributed by atoms with E-state index in [0.717, 1.165) is 31.3 Å². The standard InChI is InChI=1S/C18H30N4O.HI/c1-5-19-18(22-12-8-9-13-22)20-14-16(21(2)3)15-10-6-7-11-17(15)23-4;/h6-7,10-11,16H,5,8-9,12-14H2,1-4H3,(H,19,20);1H. The lowest BCUT2D eigenvalue weighted by atomic mass is 10.0. The van der Waals surface area contributed by atoms with Crippen LogP contribution in [0.5, 0.6) is 5.75 Å². The fourth-order valence-electron chi connectivity index (χ4n) is 3.01. The summed E-state index contributed by atoms with van der Waals surface area (Å²) in [5, 5.41) is 3.43. The van der Waals surface area contributed by atoms with Gasteiger partial charge in [0.05, 0.1) is 19.7 Å². The van der Waals surface area contributed by atoms with Gasteiger partial charge in [-0.25, -0.2) is 0 Å². The summed E-state index contributed by atoms with van der Waals surface area (Å²) in [7, 11) is 5.91. The maximum Gasteiger partial charge on any atom is 0.193 e. The fraction of sp³-hybridized carbons (Fsp3) is 0.611. The van der Waals surface area contributed by atoms with E-state index in [1.807, 2.05) is 12.1 Å². The molecule has 1 aromatic carbocycles. The summed E-state index contributed by atoms with van der Waals surface area (Å²) in [5.74, 6) is 1.96. The van der Waals surface area contributed by atoms with Crippen molar-refractivity contribution >= 4 is 29.9 Å². The molecule has 1 aliphatic heterocycles. The lowest BCUT2D eigenvalue weighted by molar-refractivity contribution is 0.294. The first-order chi connectivity index (χ1) is 11.2. The number of guanidine groups is 1. The molecular weight excluding hydrogens is 415 g/mol. The topological polar surface area (TPSA) is 40.1 Å². The van der Waals surface area contributed by atoms with Gasteiger partial charge in [0.2, 0.25) is 0 Å². The molecule has 1 fully saturated rings. The molecule has 5 nitrogen and oxygen atoms in total. The number of hydrogen-bond donors (Lipinski definition) is 1. The van der Waals surface area contributed by atoms with Crippen LogP contribution < -0.4 is 10.1 Å². The summed E-state index contributed by atoms with van der Waals surface area (Å²) >= 11 is 0. The Kier molecular flexibility index (Phi) is 9.43. The zero-order valence-electron chi connectivity index (χ0n) is 15.3. The highest BCUT2D eigenvalue weighted by Crippen LogP contribution is 2.28. The number of hydrogen-bond acceptors (Lipinski definition) is 3. The van der Waals surface area contributed by atoms with Crippen molar-refractivity contribution in [3.63, 3.8) is 0 Å². The molecule has 24 heavy (non-hydrogen) atoms. The van der Waals surface area contributed by atoms with Crippen molar-refractivity contribution in [2.75, 3.05) is 47.4 Å². The molecule has 6 heteroatoms. The van der Waals surface area contributed by atoms with Crippen LogP contribution in [-0.2, 0) is 0 Å². The molecule has 0 aliphatic carbocycles. The molecule has 1 unspecified atom stereocenters. The summed E-state index contributed by atoms with van der Waals surface area (Å²) in [4.78, 5) is 9.47. The highest BCUT2D eigenvalue weighted by atomic mass is 127. The molecule has 1 aromatic rings. The SMILES string of the molecule is CCNC(=NCC(c1ccccc1OC)N(C)C)N1CCCC1.I. The second-order valence-corrected chi connectivity index (χ2v) is 6.11. The smallest absolute Gasteiger partial charge is 0.193 e. The first-order valence-electron chi connectivity index (χ1n) is 8.50. The molecule has 136 valence electrons. The van der Waals surface area contributed by atoms with Crippen LogP contribution in [0.25, 0.3) is 0 Å². The summed E-state index contributed by atoms with van der Waals surface area (Å²) in [5.41, 5.74) is 1.18. The number of aliphatic imine (C=N–C) groups is 1. The number of rotatable bonds is 6. The Balaban J connectivity index is 0.00000288. The van der Waals surface area contributed by atoms with Crippen LogP contribution in [-0.4, -0.2) is 63.1 Å². The molecule has 1 saturated heterocycles. The molecule has 2 rings (SSSR count). The van der Waals surface area contributed by atoms with E-state index < -0.39 is 0 Å². The number of benzene rings is 1. The van der Waals surface area contributed by atoms with E-state index in [1.165, 1.54) is 18.4 Å². The molecule has 0 saturated carbocycles. The largest absolute Gasteiger partial charge is 0.496 e. The number of likely N-dealkylation sites (tertiary alicyclic amines) is 1. The number of likely N-dealkylation sites (N-methyl/N-ethyl adjacent to an activating group) is 1. The van der Waals surface area contributed by atoms with Crippen LogP contribution in [0, 0.1) is 0 Å². The fourth-order valence-corrected chi connectivity index (χ4v) is 3.01. The molecule has 0 spiro atoms. The van der Waals surface area contributed by atoms with E-state index in [9.17, 15) is 0 Å². The van der Waals surface area contributed by atoms with E-state index in [-0.39, 0.29) is 30.0 Å². The maximum atomic E-state index is 5.53. The Morgan fingerprint density at radius 1 is 1.29 bits per heavy atom. The minimum atomic E-state index is 0. The van der Waals surface area contributed by atoms with Gasteiger partial charge in [-0.05, 0) is 39.9 Å². The second kappa shape index (κ2) is 10.8. The lowest BCUT2D eigenvalue weighted by Crippen LogP contribution is -2.40. The Labute approximate surface area is 163 Å². The molecule has 1 aliphatic rings. The normalized spacial score (nSPS) is 16.0. The lowest BCUT2D eigenvalue weighted by Gasteiger charge is -2.26. The van der Waals surface area contributed by atoms with Crippen molar-refractivity contribution in [2.24, 2.45) is 4.99 Å². The monoisotopic (exact) mass is 446 g/mol. The minimum Gasteiger partial charge on any atom is -0.496 e. The van der Waals surface area contributed by atoms with E-state index in [2.05, 4.69) is 48.3 Å². The minimum absolute atomic E-state index is 0. The van der Waals surface area contributed by atoms with Crippen molar-refractivity contribution in [1.82, 2.24) is 15.1 Å². The highest BCUT2D eigenvalue weighted by Gasteiger charge is 2.20. The van der Waals surface area contributed by atoms with Crippen LogP contribution in [0.2, 0.25) is 0 Å². The first kappa shape index (κ1) is 21.0. The predicted molar refractivity (Wildman–Crippen MR) is 112 cm³/mol. The van der Waals surface area contributed by atoms with Crippen molar-refractivity contribution < 1.29 is 4.74 Å². The number of ether oxygens (including phenoxy) is 1. The molecule has 1 N–H and O–H groups in total. The van der Waals surface area contributed by atoms with E-state index in [1.54, 1.807) is 7.11 Å². The summed E-state index contributed by atoms with van der Waals surface area (Å²) in [6.07, 6.45) is 2.52. The number of nitrogens with zero attached hydrogens (tertiary/aromatic N) is 3. The molecule has 0 amide bonds. The van der Waals surface area contributed by atoms with Gasteiger partial charge in [-0.15, -0.1) is 24.0 Å². The van der Waals surface area contributed by atoms with E-state index >= 15 is 0 Å². The average Bonchev–Trinajstić information content (AvgIpc) is 3.08. The zero-order valence-corrected chi connectivity index (χ0v) is 17.6. The van der Waals surface area contributed by atoms with Gasteiger partial charge in [-0.2, -0.15) is 0 Å². The molecular formula is C18H31IN4O. The number of para-hydroxylation sites is 1. The van der Waals surface area contributed by atoms with Gasteiger partial charge in [-0.3, -0.25) is 4.99 Å². The number of methoxy groups -OCH3 is 1. The predicted octanol–water partition coefficient (Wildman–Crippen LogP) is 2.98. The van der Waals surface area contributed by atoms with Crippen LogP contribution in [0.4, 0.5) is 0 Å². The van der Waals surface area contributed by atoms with E-state index in [0.29, 0.717) is 6.54 Å². The maximum absolute atomic E-state index is 5.53. The van der Waals surface area contributed by atoms with Gasteiger partial charge in [-0.1, -0.05) is 18.2 Å². The third-order valence-corrected chi connectivity index (χ3v) is 4.28. The Morgan fingerprint density at radius 3 is 2.54 bits per heavy atom. The van der Waals surface area contributed by atoms with Crippen LogP contribution in [0.15, 0.2) is 29.3 Å². The van der Waals surface area contributed by atoms with Crippen LogP contribution in [0.1, 0.15) is 31.4 Å². The third-order valence-electron chi connectivity index (χ3n) is 4.28. The van der Waals surface area contributed by atoms with Gasteiger partial charge in [0, 0.05) is 25.2 Å². The van der Waals surface area contributed by atoms with Gasteiger partial charge in [0.15, 0.2) is 5.96 Å². The molecule has 0 bridgehead atoms. The Morgan fingerprint density at radius 2 is 1.96 bits per heavy atom. The average molecular weight is 446 g/mol. The van der Waals surface area contributed by atoms with Crippen LogP contribution >= 0.6 is 24.0 Å². The molecule has 0 radical (unpaired) electrons. The van der Waals surface area contributed by atoms with Gasteiger partial charge >= 0.3 is 0 Å². The Hall–Kier alpha value is -1.02. The number of halogens is 1. The van der Waals surface area contributed by atoms with E-state index in [4.69, 9.17) is 9.73 Å². The summed E-state index contributed by atoms with van der Waals surface area (Å²) in [6, 6.07) is 8.40. The van der Waals surface area contributed by atoms with Gasteiger partial charge < -0.3 is 19.9 Å². The van der Waals surface area contributed by atoms with Crippen LogP contribution in [0.3, 0.4) is 0 Å². The van der Waals surface area contributed by atoms with Crippen molar-refractivity contribution in [1.29, 1.82) is 0 Å². The second-order valence-electron chi connectivity index (χ2n) is 6.11. The summed E-state index contributed by atoms with van der Waals surface area (Å²) in [6.45, 7) is 5.94. The van der Waals surface area contributed by atoms with Crippen molar-refractivity contribution in [3.8, 4) is 5.75 Å². The van der Waals surface area contributed by atoms with Crippen molar-refractivity contribution in [2.45, 2.75) is 25.8 Å². The molecule has 1 atom stereocenters. The number of nitrogens with one attached hydrogen (secondary N) is 1. The zero-order chi connectivity index (χ0) is 16.7. The molecule has 0 aromatic heterocycles.